The quantitative estimate of drug-likeness (QED) is 0.607. The lowest BCUT2D eigenvalue weighted by molar-refractivity contribution is -0.131. The number of nitrogens with zero attached hydrogens (tertiary/aromatic N) is 1. The molecule has 1 aliphatic rings. The van der Waals surface area contributed by atoms with E-state index < -0.39 is 11.8 Å². The molecule has 0 fully saturated rings. The molecule has 0 saturated carbocycles. The van der Waals surface area contributed by atoms with E-state index in [-0.39, 0.29) is 11.5 Å². The lowest BCUT2D eigenvalue weighted by Crippen LogP contribution is -2.33. The smallest absolute Gasteiger partial charge is 0.377 e. The molecule has 5 nitrogen and oxygen atoms in total. The van der Waals surface area contributed by atoms with Crippen LogP contribution in [0.3, 0.4) is 0 Å². The molecule has 2 rings (SSSR count). The zero-order chi connectivity index (χ0) is 12.6. The number of amides is 1. The maximum Gasteiger partial charge on any atom is 0.377 e. The summed E-state index contributed by atoms with van der Waals surface area (Å²) in [6, 6.07) is 4.87. The zero-order valence-electron chi connectivity index (χ0n) is 9.27. The lowest BCUT2D eigenvalue weighted by atomic mass is 9.96. The average Bonchev–Trinajstić information content (AvgIpc) is 2.32. The van der Waals surface area contributed by atoms with E-state index in [9.17, 15) is 14.4 Å². The molecule has 0 radical (unpaired) electrons. The number of ketones is 1. The molecular formula is C12H11NO4. The van der Waals surface area contributed by atoms with Crippen LogP contribution in [0.4, 0.5) is 5.69 Å². The molecule has 0 aromatic heterocycles. The first kappa shape index (κ1) is 11.3. The van der Waals surface area contributed by atoms with E-state index in [2.05, 4.69) is 0 Å². The number of carbonyl (C=O) groups is 3. The van der Waals surface area contributed by atoms with E-state index in [0.29, 0.717) is 18.5 Å². The standard InChI is InChI=1S/C12H11NO4/c1-13-9(14)6-5-7-3-2-4-8(10(7)13)11(15)12(16)17/h2-4H,5-6H2,1H3,(H,16,17). The number of fused-ring (bicyclic) bond motifs is 1. The minimum absolute atomic E-state index is 0.0746. The second kappa shape index (κ2) is 4.01. The van der Waals surface area contributed by atoms with E-state index in [1.54, 1.807) is 19.2 Å². The molecule has 1 amide bonds. The Kier molecular flexibility index (Phi) is 2.67. The Labute approximate surface area is 97.7 Å². The van der Waals surface area contributed by atoms with Gasteiger partial charge in [-0.05, 0) is 18.1 Å². The van der Waals surface area contributed by atoms with Crippen LogP contribution in [0.1, 0.15) is 22.3 Å². The number of hydrogen-bond donors (Lipinski definition) is 1. The Bertz CT molecular complexity index is 521. The SMILES string of the molecule is CN1C(=O)CCc2cccc(C(=O)C(=O)O)c21. The Hall–Kier alpha value is -2.17. The fraction of sp³-hybridized carbons (Fsp3) is 0.250. The Balaban J connectivity index is 2.59. The van der Waals surface area contributed by atoms with Crippen LogP contribution < -0.4 is 4.90 Å². The predicted molar refractivity (Wildman–Crippen MR) is 60.1 cm³/mol. The van der Waals surface area contributed by atoms with Gasteiger partial charge in [0.25, 0.3) is 5.78 Å². The number of rotatable bonds is 2. The molecule has 0 saturated heterocycles. The number of aryl methyl sites for hydroxylation is 1. The highest BCUT2D eigenvalue weighted by molar-refractivity contribution is 6.41. The summed E-state index contributed by atoms with van der Waals surface area (Å²) in [6.07, 6.45) is 0.924. The normalized spacial score (nSPS) is 14.4. The maximum atomic E-state index is 11.6. The minimum atomic E-state index is -1.51. The van der Waals surface area contributed by atoms with Crippen LogP contribution in [-0.2, 0) is 16.0 Å². The van der Waals surface area contributed by atoms with Crippen LogP contribution >= 0.6 is 0 Å². The van der Waals surface area contributed by atoms with Crippen LogP contribution in [0.15, 0.2) is 18.2 Å². The van der Waals surface area contributed by atoms with E-state index in [0.717, 1.165) is 5.56 Å². The summed E-state index contributed by atoms with van der Waals surface area (Å²) < 4.78 is 0. The van der Waals surface area contributed by atoms with Gasteiger partial charge >= 0.3 is 5.97 Å². The first-order chi connectivity index (χ1) is 8.02. The van der Waals surface area contributed by atoms with Crippen molar-refractivity contribution in [1.82, 2.24) is 0 Å². The second-order valence-electron chi connectivity index (χ2n) is 3.90. The first-order valence-electron chi connectivity index (χ1n) is 5.18. The molecule has 0 bridgehead atoms. The van der Waals surface area contributed by atoms with Crippen LogP contribution in [0.5, 0.6) is 0 Å². The number of benzene rings is 1. The van der Waals surface area contributed by atoms with Crippen molar-refractivity contribution in [3.63, 3.8) is 0 Å². The molecule has 88 valence electrons. The first-order valence-corrected chi connectivity index (χ1v) is 5.18. The van der Waals surface area contributed by atoms with Gasteiger partial charge in [0.05, 0.1) is 11.3 Å². The van der Waals surface area contributed by atoms with Gasteiger partial charge in [-0.15, -0.1) is 0 Å². The fourth-order valence-electron chi connectivity index (χ4n) is 2.02. The molecule has 1 aliphatic heterocycles. The van der Waals surface area contributed by atoms with Gasteiger partial charge in [0.2, 0.25) is 5.91 Å². The van der Waals surface area contributed by atoms with Gasteiger partial charge in [0.15, 0.2) is 0 Å². The molecule has 0 aliphatic carbocycles. The topological polar surface area (TPSA) is 74.7 Å². The number of carboxylic acids is 1. The number of aliphatic carboxylic acids is 1. The predicted octanol–water partition coefficient (Wildman–Crippen LogP) is 0.863. The Morgan fingerprint density at radius 2 is 2.00 bits per heavy atom. The van der Waals surface area contributed by atoms with Crippen molar-refractivity contribution in [2.24, 2.45) is 0 Å². The number of anilines is 1. The summed E-state index contributed by atoms with van der Waals surface area (Å²) in [5.74, 6) is -2.60. The summed E-state index contributed by atoms with van der Waals surface area (Å²) >= 11 is 0. The third kappa shape index (κ3) is 1.80. The highest BCUT2D eigenvalue weighted by atomic mass is 16.4. The summed E-state index contributed by atoms with van der Waals surface area (Å²) in [5, 5.41) is 8.74. The maximum absolute atomic E-state index is 11.6. The van der Waals surface area contributed by atoms with Crippen molar-refractivity contribution >= 4 is 23.3 Å². The summed E-state index contributed by atoms with van der Waals surface area (Å²) in [6.45, 7) is 0. The molecular weight excluding hydrogens is 222 g/mol. The summed E-state index contributed by atoms with van der Waals surface area (Å²) in [5.41, 5.74) is 1.33. The van der Waals surface area contributed by atoms with Crippen molar-refractivity contribution in [3.8, 4) is 0 Å². The van der Waals surface area contributed by atoms with Gasteiger partial charge in [0, 0.05) is 13.5 Å². The van der Waals surface area contributed by atoms with Crippen molar-refractivity contribution < 1.29 is 19.5 Å². The molecule has 1 N–H and O–H groups in total. The van der Waals surface area contributed by atoms with Gasteiger partial charge in [-0.3, -0.25) is 9.59 Å². The Morgan fingerprint density at radius 1 is 1.29 bits per heavy atom. The third-order valence-electron chi connectivity index (χ3n) is 2.88. The molecule has 17 heavy (non-hydrogen) atoms. The van der Waals surface area contributed by atoms with Crippen molar-refractivity contribution in [3.05, 3.63) is 29.3 Å². The third-order valence-corrected chi connectivity index (χ3v) is 2.88. The van der Waals surface area contributed by atoms with E-state index >= 15 is 0 Å². The second-order valence-corrected chi connectivity index (χ2v) is 3.90. The van der Waals surface area contributed by atoms with E-state index in [1.165, 1.54) is 11.0 Å². The number of carbonyl (C=O) groups excluding carboxylic acids is 2. The van der Waals surface area contributed by atoms with Gasteiger partial charge in [-0.25, -0.2) is 4.79 Å². The molecule has 0 spiro atoms. The van der Waals surface area contributed by atoms with Crippen molar-refractivity contribution in [2.45, 2.75) is 12.8 Å². The monoisotopic (exact) mass is 233 g/mol. The fourth-order valence-corrected chi connectivity index (χ4v) is 2.02. The highest BCUT2D eigenvalue weighted by Crippen LogP contribution is 2.30. The minimum Gasteiger partial charge on any atom is -0.475 e. The molecule has 1 aromatic rings. The van der Waals surface area contributed by atoms with Crippen molar-refractivity contribution in [1.29, 1.82) is 0 Å². The highest BCUT2D eigenvalue weighted by Gasteiger charge is 2.28. The van der Waals surface area contributed by atoms with Crippen LogP contribution in [0.2, 0.25) is 0 Å². The number of para-hydroxylation sites is 1. The molecule has 1 aromatic carbocycles. The molecule has 5 heteroatoms. The van der Waals surface area contributed by atoms with E-state index in [4.69, 9.17) is 5.11 Å². The molecule has 0 atom stereocenters. The number of Topliss-reactive ketones (excluding diaryl/α,β-unsaturated/α-hetero) is 1. The van der Waals surface area contributed by atoms with Gasteiger partial charge < -0.3 is 10.0 Å². The number of hydrogen-bond acceptors (Lipinski definition) is 3. The lowest BCUT2D eigenvalue weighted by Gasteiger charge is -2.27. The van der Waals surface area contributed by atoms with Crippen LogP contribution in [0.25, 0.3) is 0 Å². The van der Waals surface area contributed by atoms with Crippen molar-refractivity contribution in [2.75, 3.05) is 11.9 Å². The summed E-state index contributed by atoms with van der Waals surface area (Å²) in [7, 11) is 1.55. The van der Waals surface area contributed by atoms with Gasteiger partial charge in [0.1, 0.15) is 0 Å². The summed E-state index contributed by atoms with van der Waals surface area (Å²) in [4.78, 5) is 35.2. The largest absolute Gasteiger partial charge is 0.475 e. The molecule has 1 heterocycles. The van der Waals surface area contributed by atoms with Crippen LogP contribution in [0, 0.1) is 0 Å². The molecule has 0 unspecified atom stereocenters. The zero-order valence-corrected chi connectivity index (χ0v) is 9.27. The van der Waals surface area contributed by atoms with Crippen LogP contribution in [-0.4, -0.2) is 29.8 Å². The Morgan fingerprint density at radius 3 is 2.65 bits per heavy atom. The van der Waals surface area contributed by atoms with Gasteiger partial charge in [-0.1, -0.05) is 12.1 Å². The number of carboxylic acid groups (broad SMARTS) is 1. The van der Waals surface area contributed by atoms with Gasteiger partial charge in [-0.2, -0.15) is 0 Å². The average molecular weight is 233 g/mol. The van der Waals surface area contributed by atoms with E-state index in [1.807, 2.05) is 0 Å².